The zero-order chi connectivity index (χ0) is 20.8. The fraction of sp³-hybridized carbons (Fsp3) is 0.526. The number of carbonyl (C=O) groups is 1. The van der Waals surface area contributed by atoms with E-state index in [2.05, 4.69) is 10.2 Å². The van der Waals surface area contributed by atoms with E-state index in [1.165, 1.54) is 10.6 Å². The van der Waals surface area contributed by atoms with Gasteiger partial charge < -0.3 is 14.2 Å². The molecule has 29 heavy (non-hydrogen) atoms. The summed E-state index contributed by atoms with van der Waals surface area (Å²) in [6.45, 7) is 1.80. The second-order valence-corrected chi connectivity index (χ2v) is 10.0. The summed E-state index contributed by atoms with van der Waals surface area (Å²) in [4.78, 5) is 14.6. The van der Waals surface area contributed by atoms with Gasteiger partial charge in [-0.1, -0.05) is 12.1 Å². The fourth-order valence-corrected chi connectivity index (χ4v) is 5.29. The Morgan fingerprint density at radius 3 is 2.48 bits per heavy atom. The molecule has 0 saturated carbocycles. The summed E-state index contributed by atoms with van der Waals surface area (Å²) in [6, 6.07) is 7.45. The number of aryl methyl sites for hydroxylation is 1. The van der Waals surface area contributed by atoms with Crippen LogP contribution >= 0.6 is 0 Å². The van der Waals surface area contributed by atoms with Gasteiger partial charge in [0.15, 0.2) is 0 Å². The van der Waals surface area contributed by atoms with E-state index in [4.69, 9.17) is 4.74 Å². The van der Waals surface area contributed by atoms with Crippen molar-refractivity contribution in [1.82, 2.24) is 24.0 Å². The fourth-order valence-electron chi connectivity index (χ4n) is 4.38. The number of amides is 1. The zero-order valence-electron chi connectivity index (χ0n) is 16.8. The molecule has 3 heterocycles. The lowest BCUT2D eigenvalue weighted by Crippen LogP contribution is -2.62. The smallest absolute Gasteiger partial charge is 0.227 e. The van der Waals surface area contributed by atoms with E-state index in [9.17, 15) is 13.2 Å². The third kappa shape index (κ3) is 3.62. The van der Waals surface area contributed by atoms with E-state index in [0.29, 0.717) is 32.6 Å². The maximum Gasteiger partial charge on any atom is 0.227 e. The molecule has 1 spiro atoms. The van der Waals surface area contributed by atoms with Crippen LogP contribution in [-0.4, -0.2) is 77.8 Å². The molecule has 1 unspecified atom stereocenters. The van der Waals surface area contributed by atoms with Crippen LogP contribution in [0.5, 0.6) is 5.75 Å². The molecule has 1 aromatic heterocycles. The van der Waals surface area contributed by atoms with E-state index in [-0.39, 0.29) is 17.2 Å². The molecule has 2 aromatic rings. The summed E-state index contributed by atoms with van der Waals surface area (Å²) in [5.41, 5.74) is 0.602. The Balaban J connectivity index is 1.49. The molecule has 156 valence electrons. The normalized spacial score (nSPS) is 21.3. The Morgan fingerprint density at radius 2 is 1.93 bits per heavy atom. The molecule has 0 radical (unpaired) electrons. The lowest BCUT2D eigenvalue weighted by molar-refractivity contribution is -0.142. The molecule has 1 atom stereocenters. The lowest BCUT2D eigenvalue weighted by atomic mass is 9.71. The Morgan fingerprint density at radius 1 is 1.24 bits per heavy atom. The summed E-state index contributed by atoms with van der Waals surface area (Å²) in [5, 5.41) is 8.18. The van der Waals surface area contributed by atoms with Crippen molar-refractivity contribution in [2.45, 2.75) is 12.3 Å². The monoisotopic (exact) mass is 419 g/mol. The molecule has 10 heteroatoms. The van der Waals surface area contributed by atoms with Crippen LogP contribution in [0, 0.1) is 5.41 Å². The highest BCUT2D eigenvalue weighted by molar-refractivity contribution is 7.88. The van der Waals surface area contributed by atoms with Gasteiger partial charge in [0.05, 0.1) is 19.8 Å². The van der Waals surface area contributed by atoms with Gasteiger partial charge in [-0.3, -0.25) is 4.79 Å². The van der Waals surface area contributed by atoms with E-state index in [1.54, 1.807) is 18.3 Å². The van der Waals surface area contributed by atoms with Gasteiger partial charge >= 0.3 is 0 Å². The summed E-state index contributed by atoms with van der Waals surface area (Å²) < 4.78 is 32.8. The number of methoxy groups -OCH3 is 1. The highest BCUT2D eigenvalue weighted by Crippen LogP contribution is 2.49. The van der Waals surface area contributed by atoms with Crippen molar-refractivity contribution in [2.75, 3.05) is 39.5 Å². The Hall–Kier alpha value is -2.46. The third-order valence-electron chi connectivity index (χ3n) is 6.02. The predicted octanol–water partition coefficient (Wildman–Crippen LogP) is 0.254. The molecular formula is C19H25N5O4S. The van der Waals surface area contributed by atoms with Crippen LogP contribution in [0.2, 0.25) is 0 Å². The van der Waals surface area contributed by atoms with Gasteiger partial charge in [0, 0.05) is 44.6 Å². The second kappa shape index (κ2) is 7.10. The van der Waals surface area contributed by atoms with Crippen LogP contribution in [0.4, 0.5) is 0 Å². The van der Waals surface area contributed by atoms with Gasteiger partial charge in [-0.2, -0.15) is 0 Å². The van der Waals surface area contributed by atoms with Gasteiger partial charge in [0.1, 0.15) is 17.9 Å². The van der Waals surface area contributed by atoms with E-state index in [0.717, 1.165) is 17.1 Å². The van der Waals surface area contributed by atoms with Crippen LogP contribution in [0.3, 0.4) is 0 Å². The van der Waals surface area contributed by atoms with Crippen LogP contribution in [0.25, 0.3) is 0 Å². The summed E-state index contributed by atoms with van der Waals surface area (Å²) in [5.74, 6) is 1.46. The highest BCUT2D eigenvalue weighted by Gasteiger charge is 2.58. The molecule has 0 N–H and O–H groups in total. The first kappa shape index (κ1) is 19.8. The Bertz CT molecular complexity index is 1010. The number of aromatic nitrogens is 3. The first-order valence-electron chi connectivity index (χ1n) is 9.41. The molecule has 0 aliphatic carbocycles. The van der Waals surface area contributed by atoms with Crippen molar-refractivity contribution in [3.8, 4) is 5.75 Å². The van der Waals surface area contributed by atoms with Crippen molar-refractivity contribution >= 4 is 15.9 Å². The van der Waals surface area contributed by atoms with Crippen molar-refractivity contribution in [2.24, 2.45) is 12.5 Å². The predicted molar refractivity (Wildman–Crippen MR) is 106 cm³/mol. The first-order valence-corrected chi connectivity index (χ1v) is 11.3. The van der Waals surface area contributed by atoms with Crippen LogP contribution in [0.15, 0.2) is 30.6 Å². The molecule has 1 aromatic carbocycles. The number of ether oxygens (including phenoxy) is 1. The zero-order valence-corrected chi connectivity index (χ0v) is 17.6. The number of carbonyl (C=O) groups excluding carboxylic acids is 1. The number of benzene rings is 1. The molecule has 1 amide bonds. The van der Waals surface area contributed by atoms with E-state index >= 15 is 0 Å². The number of likely N-dealkylation sites (tertiary alicyclic amines) is 1. The standard InChI is InChI=1S/C19H25N5O4S/c1-22-13-20-21-18(22)16-9-24(29(3,26)27)12-19(16)10-23(11-19)17(25)8-14-4-6-15(28-2)7-5-14/h4-7,13,16H,8-12H2,1-3H3. The third-order valence-corrected chi connectivity index (χ3v) is 7.24. The van der Waals surface area contributed by atoms with Crippen molar-refractivity contribution in [3.05, 3.63) is 42.0 Å². The largest absolute Gasteiger partial charge is 0.497 e. The average Bonchev–Trinajstić information content (AvgIpc) is 3.24. The van der Waals surface area contributed by atoms with Crippen LogP contribution in [0.1, 0.15) is 17.3 Å². The number of hydrogen-bond acceptors (Lipinski definition) is 6. The molecule has 2 aliphatic heterocycles. The lowest BCUT2D eigenvalue weighted by Gasteiger charge is -2.50. The van der Waals surface area contributed by atoms with E-state index < -0.39 is 10.0 Å². The number of hydrogen-bond donors (Lipinski definition) is 0. The summed E-state index contributed by atoms with van der Waals surface area (Å²) in [7, 11) is 0.145. The van der Waals surface area contributed by atoms with Gasteiger partial charge in [-0.05, 0) is 17.7 Å². The minimum absolute atomic E-state index is 0.0373. The first-order chi connectivity index (χ1) is 13.7. The molecule has 2 saturated heterocycles. The van der Waals surface area contributed by atoms with Gasteiger partial charge in [0.2, 0.25) is 15.9 Å². The Kier molecular flexibility index (Phi) is 4.86. The number of rotatable bonds is 5. The van der Waals surface area contributed by atoms with E-state index in [1.807, 2.05) is 35.9 Å². The number of sulfonamides is 1. The van der Waals surface area contributed by atoms with Crippen LogP contribution in [-0.2, 0) is 28.3 Å². The number of nitrogens with zero attached hydrogens (tertiary/aromatic N) is 5. The molecule has 2 fully saturated rings. The maximum absolute atomic E-state index is 12.8. The maximum atomic E-state index is 12.8. The SMILES string of the molecule is COc1ccc(CC(=O)N2CC3(C2)CN(S(C)(=O)=O)CC3c2nncn2C)cc1. The van der Waals surface area contributed by atoms with Crippen molar-refractivity contribution < 1.29 is 17.9 Å². The molecule has 0 bridgehead atoms. The van der Waals surface area contributed by atoms with Gasteiger partial charge in [-0.25, -0.2) is 12.7 Å². The van der Waals surface area contributed by atoms with Gasteiger partial charge in [0.25, 0.3) is 0 Å². The topological polar surface area (TPSA) is 97.6 Å². The summed E-state index contributed by atoms with van der Waals surface area (Å²) in [6.07, 6.45) is 3.16. The highest BCUT2D eigenvalue weighted by atomic mass is 32.2. The van der Waals surface area contributed by atoms with Crippen molar-refractivity contribution in [1.29, 1.82) is 0 Å². The second-order valence-electron chi connectivity index (χ2n) is 8.05. The van der Waals surface area contributed by atoms with Gasteiger partial charge in [-0.15, -0.1) is 10.2 Å². The Labute approximate surface area is 170 Å². The average molecular weight is 420 g/mol. The molecule has 2 aliphatic rings. The quantitative estimate of drug-likeness (QED) is 0.689. The minimum atomic E-state index is -3.32. The van der Waals surface area contributed by atoms with Crippen LogP contribution < -0.4 is 4.74 Å². The molecule has 4 rings (SSSR count). The minimum Gasteiger partial charge on any atom is -0.497 e. The summed E-state index contributed by atoms with van der Waals surface area (Å²) >= 11 is 0. The molecule has 9 nitrogen and oxygen atoms in total. The van der Waals surface area contributed by atoms with Crippen molar-refractivity contribution in [3.63, 3.8) is 0 Å². The molecular weight excluding hydrogens is 394 g/mol.